The van der Waals surface area contributed by atoms with Crippen LogP contribution in [0.5, 0.6) is 5.75 Å². The van der Waals surface area contributed by atoms with Crippen LogP contribution in [0.2, 0.25) is 0 Å². The maximum absolute atomic E-state index is 5.88. The number of nitrogens with two attached hydrogens (primary N) is 1. The van der Waals surface area contributed by atoms with Gasteiger partial charge in [-0.15, -0.1) is 11.8 Å². The van der Waals surface area contributed by atoms with Gasteiger partial charge < -0.3 is 15.2 Å². The Morgan fingerprint density at radius 3 is 2.63 bits per heavy atom. The van der Waals surface area contributed by atoms with E-state index in [9.17, 15) is 0 Å². The molecule has 0 saturated carbocycles. The van der Waals surface area contributed by atoms with Crippen molar-refractivity contribution in [3.05, 3.63) is 23.8 Å². The minimum atomic E-state index is -0.154. The molecule has 0 fully saturated rings. The first-order valence-corrected chi connectivity index (χ1v) is 7.65. The van der Waals surface area contributed by atoms with Gasteiger partial charge in [0.2, 0.25) is 0 Å². The summed E-state index contributed by atoms with van der Waals surface area (Å²) in [6.45, 7) is 7.40. The summed E-state index contributed by atoms with van der Waals surface area (Å²) in [4.78, 5) is 1.22. The third kappa shape index (κ3) is 5.05. The Hall–Kier alpha value is -0.710. The smallest absolute Gasteiger partial charge is 0.124 e. The summed E-state index contributed by atoms with van der Waals surface area (Å²) in [7, 11) is 1.73. The van der Waals surface area contributed by atoms with E-state index in [0.717, 1.165) is 23.5 Å². The lowest BCUT2D eigenvalue weighted by molar-refractivity contribution is 0.00536. The van der Waals surface area contributed by atoms with Crippen molar-refractivity contribution in [1.82, 2.24) is 0 Å². The van der Waals surface area contributed by atoms with Gasteiger partial charge >= 0.3 is 0 Å². The average Bonchev–Trinajstić information content (AvgIpc) is 2.39. The molecule has 3 nitrogen and oxygen atoms in total. The van der Waals surface area contributed by atoms with Gasteiger partial charge in [0.1, 0.15) is 5.75 Å². The molecule has 0 aliphatic carbocycles. The summed E-state index contributed by atoms with van der Waals surface area (Å²) in [6.07, 6.45) is 0.846. The second kappa shape index (κ2) is 7.78. The molecule has 0 radical (unpaired) electrons. The standard InChI is InChI=1S/C15H25NO2S/c1-5-19-14-8-6-7-13(12(14)11-16)18-10-9-15(2,3)17-4/h6-8H,5,9-11,16H2,1-4H3. The lowest BCUT2D eigenvalue weighted by Gasteiger charge is -2.23. The summed E-state index contributed by atoms with van der Waals surface area (Å²) in [5, 5.41) is 0. The van der Waals surface area contributed by atoms with Crippen molar-refractivity contribution in [3.63, 3.8) is 0 Å². The fourth-order valence-corrected chi connectivity index (χ4v) is 2.53. The van der Waals surface area contributed by atoms with E-state index >= 15 is 0 Å². The van der Waals surface area contributed by atoms with Crippen LogP contribution >= 0.6 is 11.8 Å². The number of thioether (sulfide) groups is 1. The first kappa shape index (κ1) is 16.3. The Morgan fingerprint density at radius 2 is 2.05 bits per heavy atom. The van der Waals surface area contributed by atoms with Crippen molar-refractivity contribution in [3.8, 4) is 5.75 Å². The number of ether oxygens (including phenoxy) is 2. The van der Waals surface area contributed by atoms with Crippen LogP contribution in [0.4, 0.5) is 0 Å². The molecule has 0 aliphatic rings. The molecule has 0 aromatic heterocycles. The van der Waals surface area contributed by atoms with Gasteiger partial charge in [0.25, 0.3) is 0 Å². The van der Waals surface area contributed by atoms with Crippen molar-refractivity contribution in [2.45, 2.75) is 44.2 Å². The first-order chi connectivity index (χ1) is 9.04. The highest BCUT2D eigenvalue weighted by atomic mass is 32.2. The Balaban J connectivity index is 2.70. The minimum Gasteiger partial charge on any atom is -0.493 e. The van der Waals surface area contributed by atoms with Gasteiger partial charge in [-0.25, -0.2) is 0 Å². The van der Waals surface area contributed by atoms with Crippen molar-refractivity contribution in [2.24, 2.45) is 5.73 Å². The van der Waals surface area contributed by atoms with Crippen LogP contribution in [0.3, 0.4) is 0 Å². The lowest BCUT2D eigenvalue weighted by Crippen LogP contribution is -2.25. The third-order valence-electron chi connectivity index (χ3n) is 3.11. The fourth-order valence-electron chi connectivity index (χ4n) is 1.68. The topological polar surface area (TPSA) is 44.5 Å². The molecule has 0 heterocycles. The van der Waals surface area contributed by atoms with E-state index in [1.807, 2.05) is 12.1 Å². The molecule has 0 unspecified atom stereocenters. The molecule has 4 heteroatoms. The van der Waals surface area contributed by atoms with Crippen LogP contribution in [-0.2, 0) is 11.3 Å². The maximum atomic E-state index is 5.88. The number of hydrogen-bond donors (Lipinski definition) is 1. The SMILES string of the molecule is CCSc1cccc(OCCC(C)(C)OC)c1CN. The normalized spacial score (nSPS) is 11.6. The van der Waals surface area contributed by atoms with E-state index in [-0.39, 0.29) is 5.60 Å². The van der Waals surface area contributed by atoms with E-state index in [1.54, 1.807) is 18.9 Å². The van der Waals surface area contributed by atoms with Gasteiger partial charge in [0.05, 0.1) is 12.2 Å². The van der Waals surface area contributed by atoms with Crippen LogP contribution in [-0.4, -0.2) is 25.1 Å². The monoisotopic (exact) mass is 283 g/mol. The highest BCUT2D eigenvalue weighted by Crippen LogP contribution is 2.30. The second-order valence-electron chi connectivity index (χ2n) is 4.93. The molecule has 1 rings (SSSR count). The maximum Gasteiger partial charge on any atom is 0.124 e. The van der Waals surface area contributed by atoms with Crippen molar-refractivity contribution in [1.29, 1.82) is 0 Å². The second-order valence-corrected chi connectivity index (χ2v) is 6.24. The lowest BCUT2D eigenvalue weighted by atomic mass is 10.1. The van der Waals surface area contributed by atoms with E-state index in [0.29, 0.717) is 13.2 Å². The molecular formula is C15H25NO2S. The fraction of sp³-hybridized carbons (Fsp3) is 0.600. The molecule has 1 aromatic carbocycles. The summed E-state index contributed by atoms with van der Waals surface area (Å²) < 4.78 is 11.3. The quantitative estimate of drug-likeness (QED) is 0.742. The zero-order chi connectivity index (χ0) is 14.3. The zero-order valence-corrected chi connectivity index (χ0v) is 13.2. The summed E-state index contributed by atoms with van der Waals surface area (Å²) in [6, 6.07) is 6.11. The molecule has 19 heavy (non-hydrogen) atoms. The van der Waals surface area contributed by atoms with Gasteiger partial charge in [-0.3, -0.25) is 0 Å². The highest BCUT2D eigenvalue weighted by molar-refractivity contribution is 7.99. The molecular weight excluding hydrogens is 258 g/mol. The van der Waals surface area contributed by atoms with Crippen LogP contribution in [0.25, 0.3) is 0 Å². The van der Waals surface area contributed by atoms with Crippen LogP contribution in [0.15, 0.2) is 23.1 Å². The van der Waals surface area contributed by atoms with Gasteiger partial charge in [-0.05, 0) is 31.7 Å². The molecule has 0 aliphatic heterocycles. The molecule has 0 spiro atoms. The Morgan fingerprint density at radius 1 is 1.32 bits per heavy atom. The Labute approximate surface area is 120 Å². The summed E-state index contributed by atoms with van der Waals surface area (Å²) in [5.41, 5.74) is 6.79. The number of benzene rings is 1. The minimum absolute atomic E-state index is 0.154. The molecule has 0 saturated heterocycles. The number of hydrogen-bond acceptors (Lipinski definition) is 4. The molecule has 1 aromatic rings. The van der Waals surface area contributed by atoms with Crippen molar-refractivity contribution in [2.75, 3.05) is 19.5 Å². The van der Waals surface area contributed by atoms with Crippen LogP contribution in [0, 0.1) is 0 Å². The molecule has 0 atom stereocenters. The van der Waals surface area contributed by atoms with Gasteiger partial charge in [0.15, 0.2) is 0 Å². The Bertz CT molecular complexity index is 394. The van der Waals surface area contributed by atoms with Crippen molar-refractivity contribution < 1.29 is 9.47 Å². The van der Waals surface area contributed by atoms with E-state index in [2.05, 4.69) is 26.8 Å². The third-order valence-corrected chi connectivity index (χ3v) is 4.09. The first-order valence-electron chi connectivity index (χ1n) is 6.66. The van der Waals surface area contributed by atoms with Gasteiger partial charge in [-0.2, -0.15) is 0 Å². The van der Waals surface area contributed by atoms with Gasteiger partial charge in [0, 0.05) is 30.5 Å². The predicted molar refractivity (Wildman–Crippen MR) is 81.9 cm³/mol. The highest BCUT2D eigenvalue weighted by Gasteiger charge is 2.16. The molecule has 108 valence electrons. The molecule has 0 amide bonds. The van der Waals surface area contributed by atoms with E-state index < -0.39 is 0 Å². The predicted octanol–water partition coefficient (Wildman–Crippen LogP) is 3.45. The summed E-state index contributed by atoms with van der Waals surface area (Å²) >= 11 is 1.80. The molecule has 0 bridgehead atoms. The zero-order valence-electron chi connectivity index (χ0n) is 12.4. The number of methoxy groups -OCH3 is 1. The van der Waals surface area contributed by atoms with Gasteiger partial charge in [-0.1, -0.05) is 13.0 Å². The van der Waals surface area contributed by atoms with E-state index in [1.165, 1.54) is 4.90 Å². The van der Waals surface area contributed by atoms with Crippen LogP contribution < -0.4 is 10.5 Å². The van der Waals surface area contributed by atoms with Crippen LogP contribution in [0.1, 0.15) is 32.8 Å². The van der Waals surface area contributed by atoms with E-state index in [4.69, 9.17) is 15.2 Å². The van der Waals surface area contributed by atoms with Crippen molar-refractivity contribution >= 4 is 11.8 Å². The number of rotatable bonds is 8. The average molecular weight is 283 g/mol. The Kier molecular flexibility index (Phi) is 6.69. The molecule has 2 N–H and O–H groups in total. The summed E-state index contributed by atoms with van der Waals surface area (Å²) in [5.74, 6) is 1.93. The largest absolute Gasteiger partial charge is 0.493 e.